The van der Waals surface area contributed by atoms with E-state index in [1.165, 1.54) is 12.1 Å². The maximum atomic E-state index is 12.3. The van der Waals surface area contributed by atoms with Crippen LogP contribution in [0.5, 0.6) is 0 Å². The highest BCUT2D eigenvalue weighted by atomic mass is 79.9. The molecular formula is C13H17BrO5S. The summed E-state index contributed by atoms with van der Waals surface area (Å²) in [6.45, 7) is 5.35. The van der Waals surface area contributed by atoms with Gasteiger partial charge in [-0.15, -0.1) is 0 Å². The number of hydrogen-bond donors (Lipinski definition) is 1. The first-order valence-electron chi connectivity index (χ1n) is 6.03. The Morgan fingerprint density at radius 1 is 1.40 bits per heavy atom. The molecule has 5 nitrogen and oxygen atoms in total. The number of aromatic carboxylic acids is 1. The van der Waals surface area contributed by atoms with Crippen molar-refractivity contribution in [2.24, 2.45) is 0 Å². The zero-order chi connectivity index (χ0) is 15.5. The summed E-state index contributed by atoms with van der Waals surface area (Å²) in [5, 5.41) is 9.00. The van der Waals surface area contributed by atoms with E-state index < -0.39 is 15.8 Å². The Bertz CT molecular complexity index is 607. The van der Waals surface area contributed by atoms with Crippen LogP contribution in [0.25, 0.3) is 0 Å². The van der Waals surface area contributed by atoms with E-state index >= 15 is 0 Å². The smallest absolute Gasteiger partial charge is 0.335 e. The lowest BCUT2D eigenvalue weighted by atomic mass is 10.1. The van der Waals surface area contributed by atoms with Gasteiger partial charge < -0.3 is 9.84 Å². The van der Waals surface area contributed by atoms with E-state index in [1.54, 1.807) is 6.92 Å². The summed E-state index contributed by atoms with van der Waals surface area (Å²) in [6.07, 6.45) is -0.0524. The molecule has 0 aromatic heterocycles. The van der Waals surface area contributed by atoms with Crippen molar-refractivity contribution in [1.82, 2.24) is 0 Å². The number of halogens is 1. The molecule has 1 N–H and O–H groups in total. The van der Waals surface area contributed by atoms with Crippen molar-refractivity contribution >= 4 is 31.7 Å². The molecule has 20 heavy (non-hydrogen) atoms. The van der Waals surface area contributed by atoms with Crippen LogP contribution in [0.4, 0.5) is 0 Å². The standard InChI is InChI=1S/C13H17BrO5S/c1-8(2)19-4-5-20(17,18)12-7-10(13(15)16)6-11(14)9(12)3/h6-8H,4-5H2,1-3H3,(H,15,16). The third-order valence-electron chi connectivity index (χ3n) is 2.68. The lowest BCUT2D eigenvalue weighted by Gasteiger charge is -2.12. The largest absolute Gasteiger partial charge is 0.478 e. The summed E-state index contributed by atoms with van der Waals surface area (Å²) >= 11 is 3.19. The number of hydrogen-bond acceptors (Lipinski definition) is 4. The topological polar surface area (TPSA) is 80.7 Å². The van der Waals surface area contributed by atoms with Crippen LogP contribution in [-0.2, 0) is 14.6 Å². The van der Waals surface area contributed by atoms with Crippen LogP contribution < -0.4 is 0 Å². The molecule has 0 unspecified atom stereocenters. The fourth-order valence-corrected chi connectivity index (χ4v) is 3.61. The molecule has 0 atom stereocenters. The highest BCUT2D eigenvalue weighted by Gasteiger charge is 2.21. The average molecular weight is 365 g/mol. The maximum Gasteiger partial charge on any atom is 0.335 e. The van der Waals surface area contributed by atoms with Crippen LogP contribution in [0.1, 0.15) is 29.8 Å². The fourth-order valence-electron chi connectivity index (χ4n) is 1.60. The SMILES string of the molecule is Cc1c(Br)cc(C(=O)O)cc1S(=O)(=O)CCOC(C)C. The summed E-state index contributed by atoms with van der Waals surface area (Å²) in [5.41, 5.74) is 0.436. The molecule has 0 bridgehead atoms. The number of ether oxygens (including phenoxy) is 1. The lowest BCUT2D eigenvalue weighted by Crippen LogP contribution is -2.17. The van der Waals surface area contributed by atoms with Crippen LogP contribution in [0, 0.1) is 6.92 Å². The number of carboxylic acids is 1. The van der Waals surface area contributed by atoms with Crippen LogP contribution in [0.2, 0.25) is 0 Å². The van der Waals surface area contributed by atoms with E-state index in [1.807, 2.05) is 13.8 Å². The van der Waals surface area contributed by atoms with Gasteiger partial charge in [0.1, 0.15) is 0 Å². The Kier molecular flexibility index (Phi) is 5.73. The molecule has 0 aliphatic carbocycles. The number of benzene rings is 1. The summed E-state index contributed by atoms with van der Waals surface area (Å²) in [5.74, 6) is -1.35. The van der Waals surface area contributed by atoms with Crippen LogP contribution in [0.15, 0.2) is 21.5 Å². The predicted molar refractivity (Wildman–Crippen MR) is 79.0 cm³/mol. The molecule has 1 aromatic rings. The third kappa shape index (κ3) is 4.29. The van der Waals surface area contributed by atoms with Crippen molar-refractivity contribution < 1.29 is 23.1 Å². The molecule has 0 saturated carbocycles. The van der Waals surface area contributed by atoms with E-state index in [9.17, 15) is 13.2 Å². The number of carboxylic acid groups (broad SMARTS) is 1. The molecule has 0 aliphatic rings. The number of sulfone groups is 1. The Morgan fingerprint density at radius 3 is 2.50 bits per heavy atom. The summed E-state index contributed by atoms with van der Waals surface area (Å²) in [6, 6.07) is 2.58. The molecule has 7 heteroatoms. The molecular weight excluding hydrogens is 348 g/mol. The number of carbonyl (C=O) groups is 1. The first kappa shape index (κ1) is 17.1. The number of rotatable bonds is 6. The Hall–Kier alpha value is -0.920. The normalized spacial score (nSPS) is 11.8. The summed E-state index contributed by atoms with van der Waals surface area (Å²) in [4.78, 5) is 11.0. The van der Waals surface area contributed by atoms with Gasteiger partial charge in [0.15, 0.2) is 9.84 Å². The van der Waals surface area contributed by atoms with Gasteiger partial charge in [-0.05, 0) is 38.5 Å². The Labute approximate surface area is 127 Å². The van der Waals surface area contributed by atoms with E-state index in [0.29, 0.717) is 10.0 Å². The predicted octanol–water partition coefficient (Wildman–Crippen LogP) is 2.65. The third-order valence-corrected chi connectivity index (χ3v) is 5.30. The average Bonchev–Trinajstić information content (AvgIpc) is 2.31. The van der Waals surface area contributed by atoms with Gasteiger partial charge in [0.05, 0.1) is 28.9 Å². The first-order valence-corrected chi connectivity index (χ1v) is 8.47. The van der Waals surface area contributed by atoms with Crippen molar-refractivity contribution in [3.63, 3.8) is 0 Å². The van der Waals surface area contributed by atoms with Crippen molar-refractivity contribution in [3.05, 3.63) is 27.7 Å². The zero-order valence-electron chi connectivity index (χ0n) is 11.5. The molecule has 0 spiro atoms. The summed E-state index contributed by atoms with van der Waals surface area (Å²) in [7, 11) is -3.58. The van der Waals surface area contributed by atoms with E-state index in [2.05, 4.69) is 15.9 Å². The zero-order valence-corrected chi connectivity index (χ0v) is 13.9. The second-order valence-electron chi connectivity index (χ2n) is 4.62. The molecule has 0 fully saturated rings. The van der Waals surface area contributed by atoms with E-state index in [4.69, 9.17) is 9.84 Å². The second kappa shape index (κ2) is 6.69. The maximum absolute atomic E-state index is 12.3. The minimum Gasteiger partial charge on any atom is -0.478 e. The minimum atomic E-state index is -3.58. The molecule has 0 radical (unpaired) electrons. The second-order valence-corrected chi connectivity index (χ2v) is 7.56. The molecule has 0 amide bonds. The first-order chi connectivity index (χ1) is 9.15. The van der Waals surface area contributed by atoms with Gasteiger partial charge in [-0.25, -0.2) is 13.2 Å². The summed E-state index contributed by atoms with van der Waals surface area (Å²) < 4.78 is 30.2. The van der Waals surface area contributed by atoms with Gasteiger partial charge in [-0.2, -0.15) is 0 Å². The Morgan fingerprint density at radius 2 is 2.00 bits per heavy atom. The molecule has 1 aromatic carbocycles. The highest BCUT2D eigenvalue weighted by molar-refractivity contribution is 9.10. The van der Waals surface area contributed by atoms with Crippen LogP contribution in [0.3, 0.4) is 0 Å². The van der Waals surface area contributed by atoms with Crippen LogP contribution >= 0.6 is 15.9 Å². The molecule has 1 rings (SSSR count). The van der Waals surface area contributed by atoms with Crippen molar-refractivity contribution in [1.29, 1.82) is 0 Å². The van der Waals surface area contributed by atoms with Crippen molar-refractivity contribution in [3.8, 4) is 0 Å². The van der Waals surface area contributed by atoms with E-state index in [0.717, 1.165) is 0 Å². The minimum absolute atomic E-state index is 0.0247. The van der Waals surface area contributed by atoms with Gasteiger partial charge in [-0.3, -0.25) is 0 Å². The highest BCUT2D eigenvalue weighted by Crippen LogP contribution is 2.26. The van der Waals surface area contributed by atoms with Crippen molar-refractivity contribution in [2.45, 2.75) is 31.8 Å². The molecule has 0 saturated heterocycles. The van der Waals surface area contributed by atoms with Gasteiger partial charge in [0.25, 0.3) is 0 Å². The Balaban J connectivity index is 3.14. The van der Waals surface area contributed by atoms with Crippen LogP contribution in [-0.4, -0.2) is 38.0 Å². The lowest BCUT2D eigenvalue weighted by molar-refractivity contribution is 0.0696. The van der Waals surface area contributed by atoms with Crippen molar-refractivity contribution in [2.75, 3.05) is 12.4 Å². The molecule has 0 aliphatic heterocycles. The molecule has 112 valence electrons. The quantitative estimate of drug-likeness (QED) is 0.838. The monoisotopic (exact) mass is 364 g/mol. The van der Waals surface area contributed by atoms with Gasteiger partial charge in [0.2, 0.25) is 0 Å². The van der Waals surface area contributed by atoms with E-state index in [-0.39, 0.29) is 28.9 Å². The van der Waals surface area contributed by atoms with Gasteiger partial charge in [-0.1, -0.05) is 15.9 Å². The van der Waals surface area contributed by atoms with Gasteiger partial charge in [0, 0.05) is 4.47 Å². The van der Waals surface area contributed by atoms with Gasteiger partial charge >= 0.3 is 5.97 Å². The molecule has 0 heterocycles. The fraction of sp³-hybridized carbons (Fsp3) is 0.462.